The molecule has 0 bridgehead atoms. The second kappa shape index (κ2) is 4.52. The minimum atomic E-state index is 0.0380. The summed E-state index contributed by atoms with van der Waals surface area (Å²) in [6.45, 7) is 0.725. The van der Waals surface area contributed by atoms with E-state index in [1.165, 1.54) is 0 Å². The standard InChI is InChI=1S/C11H11Cl2NO/c12-7-1-2-9(10(13)5-7)11-6-8(15)3-4-14-11/h1-2,5,11,14H,3-4,6H2. The van der Waals surface area contributed by atoms with Gasteiger partial charge in [-0.05, 0) is 17.7 Å². The van der Waals surface area contributed by atoms with E-state index in [0.29, 0.717) is 22.9 Å². The second-order valence-corrected chi connectivity index (χ2v) is 4.51. The monoisotopic (exact) mass is 243 g/mol. The van der Waals surface area contributed by atoms with Crippen molar-refractivity contribution in [3.05, 3.63) is 33.8 Å². The molecule has 1 aliphatic rings. The third-order valence-corrected chi connectivity index (χ3v) is 3.13. The molecule has 0 spiro atoms. The highest BCUT2D eigenvalue weighted by Crippen LogP contribution is 2.29. The summed E-state index contributed by atoms with van der Waals surface area (Å²) in [5.74, 6) is 0.282. The third kappa shape index (κ3) is 2.51. The Labute approximate surface area is 98.6 Å². The molecule has 80 valence electrons. The van der Waals surface area contributed by atoms with Gasteiger partial charge in [-0.15, -0.1) is 0 Å². The zero-order valence-electron chi connectivity index (χ0n) is 8.09. The Kier molecular flexibility index (Phi) is 3.29. The lowest BCUT2D eigenvalue weighted by Crippen LogP contribution is -2.31. The first-order valence-corrected chi connectivity index (χ1v) is 5.62. The molecule has 1 aliphatic heterocycles. The van der Waals surface area contributed by atoms with E-state index in [-0.39, 0.29) is 11.8 Å². The van der Waals surface area contributed by atoms with E-state index in [1.54, 1.807) is 12.1 Å². The van der Waals surface area contributed by atoms with Gasteiger partial charge in [0, 0.05) is 35.5 Å². The fourth-order valence-electron chi connectivity index (χ4n) is 1.79. The van der Waals surface area contributed by atoms with Crippen molar-refractivity contribution < 1.29 is 4.79 Å². The van der Waals surface area contributed by atoms with Crippen molar-refractivity contribution in [2.45, 2.75) is 18.9 Å². The number of rotatable bonds is 1. The number of benzene rings is 1. The van der Waals surface area contributed by atoms with Gasteiger partial charge in [0.1, 0.15) is 5.78 Å². The minimum absolute atomic E-state index is 0.0380. The van der Waals surface area contributed by atoms with Crippen LogP contribution in [0.25, 0.3) is 0 Å². The first kappa shape index (κ1) is 10.9. The number of Topliss-reactive ketones (excluding diaryl/α,β-unsaturated/α-hetero) is 1. The molecule has 2 rings (SSSR count). The van der Waals surface area contributed by atoms with Gasteiger partial charge in [0.2, 0.25) is 0 Å². The van der Waals surface area contributed by atoms with Crippen LogP contribution in [0, 0.1) is 0 Å². The highest BCUT2D eigenvalue weighted by Gasteiger charge is 2.21. The molecule has 1 atom stereocenters. The summed E-state index contributed by atoms with van der Waals surface area (Å²) in [5.41, 5.74) is 0.953. The molecule has 0 aromatic heterocycles. The van der Waals surface area contributed by atoms with E-state index in [0.717, 1.165) is 12.1 Å². The molecule has 2 nitrogen and oxygen atoms in total. The van der Waals surface area contributed by atoms with Crippen molar-refractivity contribution >= 4 is 29.0 Å². The van der Waals surface area contributed by atoms with Crippen LogP contribution in [0.4, 0.5) is 0 Å². The lowest BCUT2D eigenvalue weighted by molar-refractivity contribution is -0.120. The maximum Gasteiger partial charge on any atom is 0.136 e. The average molecular weight is 244 g/mol. The Morgan fingerprint density at radius 2 is 2.13 bits per heavy atom. The van der Waals surface area contributed by atoms with Gasteiger partial charge in [-0.3, -0.25) is 4.79 Å². The first-order valence-electron chi connectivity index (χ1n) is 4.87. The number of hydrogen-bond acceptors (Lipinski definition) is 2. The maximum absolute atomic E-state index is 11.3. The molecular weight excluding hydrogens is 233 g/mol. The van der Waals surface area contributed by atoms with E-state index in [1.807, 2.05) is 6.07 Å². The normalized spacial score (nSPS) is 21.7. The third-order valence-electron chi connectivity index (χ3n) is 2.56. The van der Waals surface area contributed by atoms with Crippen LogP contribution in [-0.4, -0.2) is 12.3 Å². The molecule has 1 aromatic rings. The van der Waals surface area contributed by atoms with Crippen LogP contribution in [0.5, 0.6) is 0 Å². The second-order valence-electron chi connectivity index (χ2n) is 3.67. The molecule has 0 amide bonds. The van der Waals surface area contributed by atoms with Crippen molar-refractivity contribution in [1.29, 1.82) is 0 Å². The van der Waals surface area contributed by atoms with Crippen LogP contribution >= 0.6 is 23.2 Å². The number of halogens is 2. The van der Waals surface area contributed by atoms with E-state index < -0.39 is 0 Å². The topological polar surface area (TPSA) is 29.1 Å². The number of nitrogens with one attached hydrogen (secondary N) is 1. The van der Waals surface area contributed by atoms with Crippen LogP contribution in [0.2, 0.25) is 10.0 Å². The number of carbonyl (C=O) groups excluding carboxylic acids is 1. The van der Waals surface area contributed by atoms with Crippen LogP contribution in [0.1, 0.15) is 24.4 Å². The summed E-state index contributed by atoms with van der Waals surface area (Å²) in [7, 11) is 0. The SMILES string of the molecule is O=C1CCNC(c2ccc(Cl)cc2Cl)C1. The van der Waals surface area contributed by atoms with Crippen molar-refractivity contribution in [1.82, 2.24) is 5.32 Å². The van der Waals surface area contributed by atoms with Crippen LogP contribution in [0.15, 0.2) is 18.2 Å². The van der Waals surface area contributed by atoms with Gasteiger partial charge >= 0.3 is 0 Å². The number of ketones is 1. The summed E-state index contributed by atoms with van der Waals surface area (Å²) in [4.78, 5) is 11.3. The number of carbonyl (C=O) groups is 1. The van der Waals surface area contributed by atoms with Gasteiger partial charge in [-0.2, -0.15) is 0 Å². The molecule has 1 saturated heterocycles. The highest BCUT2D eigenvalue weighted by molar-refractivity contribution is 6.35. The fraction of sp³-hybridized carbons (Fsp3) is 0.364. The average Bonchev–Trinajstić information content (AvgIpc) is 2.17. The lowest BCUT2D eigenvalue weighted by atomic mass is 9.97. The van der Waals surface area contributed by atoms with Crippen molar-refractivity contribution in [3.8, 4) is 0 Å². The van der Waals surface area contributed by atoms with Gasteiger partial charge in [-0.1, -0.05) is 29.3 Å². The van der Waals surface area contributed by atoms with Crippen molar-refractivity contribution in [3.63, 3.8) is 0 Å². The Bertz CT molecular complexity index is 392. The summed E-state index contributed by atoms with van der Waals surface area (Å²) < 4.78 is 0. The van der Waals surface area contributed by atoms with Crippen LogP contribution in [0.3, 0.4) is 0 Å². The molecule has 0 saturated carbocycles. The lowest BCUT2D eigenvalue weighted by Gasteiger charge is -2.23. The summed E-state index contributed by atoms with van der Waals surface area (Å²) in [5, 5.41) is 4.51. The largest absolute Gasteiger partial charge is 0.309 e. The quantitative estimate of drug-likeness (QED) is 0.822. The smallest absolute Gasteiger partial charge is 0.136 e. The minimum Gasteiger partial charge on any atom is -0.309 e. The maximum atomic E-state index is 11.3. The Hall–Kier alpha value is -0.570. The molecule has 1 fully saturated rings. The molecule has 1 aromatic carbocycles. The van der Waals surface area contributed by atoms with Gasteiger partial charge in [0.25, 0.3) is 0 Å². The molecule has 0 radical (unpaired) electrons. The molecule has 15 heavy (non-hydrogen) atoms. The number of piperidine rings is 1. The zero-order chi connectivity index (χ0) is 10.8. The van der Waals surface area contributed by atoms with Crippen LogP contribution in [-0.2, 0) is 4.79 Å². The summed E-state index contributed by atoms with van der Waals surface area (Å²) in [6.07, 6.45) is 1.13. The Morgan fingerprint density at radius 3 is 2.80 bits per heavy atom. The molecule has 1 heterocycles. The van der Waals surface area contributed by atoms with Crippen molar-refractivity contribution in [2.75, 3.05) is 6.54 Å². The highest BCUT2D eigenvalue weighted by atomic mass is 35.5. The molecule has 1 unspecified atom stereocenters. The molecule has 1 N–H and O–H groups in total. The Balaban J connectivity index is 2.24. The molecule has 4 heteroatoms. The zero-order valence-corrected chi connectivity index (χ0v) is 9.61. The van der Waals surface area contributed by atoms with E-state index in [9.17, 15) is 4.79 Å². The van der Waals surface area contributed by atoms with Gasteiger partial charge < -0.3 is 5.32 Å². The fourth-order valence-corrected chi connectivity index (χ4v) is 2.33. The predicted octanol–water partition coefficient (Wildman–Crippen LogP) is 2.99. The van der Waals surface area contributed by atoms with Gasteiger partial charge in [0.05, 0.1) is 0 Å². The summed E-state index contributed by atoms with van der Waals surface area (Å²) in [6, 6.07) is 5.42. The number of hydrogen-bond donors (Lipinski definition) is 1. The Morgan fingerprint density at radius 1 is 1.33 bits per heavy atom. The first-order chi connectivity index (χ1) is 7.16. The predicted molar refractivity (Wildman–Crippen MR) is 61.4 cm³/mol. The van der Waals surface area contributed by atoms with Gasteiger partial charge in [-0.25, -0.2) is 0 Å². The van der Waals surface area contributed by atoms with Gasteiger partial charge in [0.15, 0.2) is 0 Å². The molecular formula is C11H11Cl2NO. The molecule has 0 aliphatic carbocycles. The van der Waals surface area contributed by atoms with E-state index in [2.05, 4.69) is 5.32 Å². The van der Waals surface area contributed by atoms with E-state index >= 15 is 0 Å². The van der Waals surface area contributed by atoms with Crippen LogP contribution < -0.4 is 5.32 Å². The summed E-state index contributed by atoms with van der Waals surface area (Å²) >= 11 is 11.9. The van der Waals surface area contributed by atoms with E-state index in [4.69, 9.17) is 23.2 Å². The van der Waals surface area contributed by atoms with Crippen molar-refractivity contribution in [2.24, 2.45) is 0 Å².